The quantitative estimate of drug-likeness (QED) is 0.454. The van der Waals surface area contributed by atoms with E-state index in [2.05, 4.69) is 9.97 Å². The molecule has 2 aromatic heterocycles. The van der Waals surface area contributed by atoms with E-state index in [1.807, 2.05) is 54.6 Å². The van der Waals surface area contributed by atoms with Gasteiger partial charge in [0.1, 0.15) is 17.0 Å². The zero-order valence-corrected chi connectivity index (χ0v) is 13.1. The van der Waals surface area contributed by atoms with E-state index in [0.29, 0.717) is 16.8 Å². The van der Waals surface area contributed by atoms with Gasteiger partial charge >= 0.3 is 0 Å². The van der Waals surface area contributed by atoms with Crippen molar-refractivity contribution in [3.05, 3.63) is 70.9 Å². The van der Waals surface area contributed by atoms with Gasteiger partial charge in [0.05, 0.1) is 16.4 Å². The van der Waals surface area contributed by atoms with Gasteiger partial charge in [0.25, 0.3) is 0 Å². The molecule has 0 atom stereocenters. The SMILES string of the molecule is Nc1oc2c(ccc3ccccc32)c(=O)c1-c1nc2ccccc2[nH]1. The lowest BCUT2D eigenvalue weighted by atomic mass is 10.1. The summed E-state index contributed by atoms with van der Waals surface area (Å²) in [7, 11) is 0. The summed E-state index contributed by atoms with van der Waals surface area (Å²) in [5, 5.41) is 2.34. The summed E-state index contributed by atoms with van der Waals surface area (Å²) in [6, 6.07) is 19.0. The van der Waals surface area contributed by atoms with E-state index in [1.54, 1.807) is 6.07 Å². The standard InChI is InChI=1S/C20H13N3O2/c21-19-16(20-22-14-7-3-4-8-15(14)23-20)17(24)13-10-9-11-5-1-2-6-12(11)18(13)25-19/h1-10H,21H2,(H,22,23). The van der Waals surface area contributed by atoms with E-state index < -0.39 is 0 Å². The topological polar surface area (TPSA) is 84.9 Å². The van der Waals surface area contributed by atoms with Gasteiger partial charge in [-0.05, 0) is 23.6 Å². The fourth-order valence-electron chi connectivity index (χ4n) is 3.23. The van der Waals surface area contributed by atoms with Crippen molar-refractivity contribution in [2.45, 2.75) is 0 Å². The third-order valence-electron chi connectivity index (χ3n) is 4.44. The van der Waals surface area contributed by atoms with Gasteiger partial charge in [-0.25, -0.2) is 4.98 Å². The molecule has 0 aliphatic heterocycles. The minimum atomic E-state index is -0.191. The minimum absolute atomic E-state index is 0.0629. The van der Waals surface area contributed by atoms with Crippen LogP contribution in [0.25, 0.3) is 44.2 Å². The molecular weight excluding hydrogens is 314 g/mol. The predicted octanol–water partition coefficient (Wildman–Crippen LogP) is 4.07. The van der Waals surface area contributed by atoms with Gasteiger partial charge in [-0.1, -0.05) is 42.5 Å². The summed E-state index contributed by atoms with van der Waals surface area (Å²) in [6.45, 7) is 0. The largest absolute Gasteiger partial charge is 0.439 e. The third-order valence-corrected chi connectivity index (χ3v) is 4.44. The Kier molecular flexibility index (Phi) is 2.73. The molecule has 0 aliphatic carbocycles. The number of hydrogen-bond acceptors (Lipinski definition) is 4. The number of imidazole rings is 1. The first-order valence-electron chi connectivity index (χ1n) is 7.91. The maximum absolute atomic E-state index is 13.1. The molecule has 5 nitrogen and oxygen atoms in total. The molecule has 5 heteroatoms. The van der Waals surface area contributed by atoms with Crippen LogP contribution >= 0.6 is 0 Å². The number of nitrogens with two attached hydrogens (primary N) is 1. The fraction of sp³-hybridized carbons (Fsp3) is 0. The number of benzene rings is 3. The first-order valence-corrected chi connectivity index (χ1v) is 7.91. The van der Waals surface area contributed by atoms with Crippen molar-refractivity contribution in [1.82, 2.24) is 9.97 Å². The van der Waals surface area contributed by atoms with Crippen LogP contribution in [0.15, 0.2) is 69.9 Å². The van der Waals surface area contributed by atoms with Crippen LogP contribution in [0.3, 0.4) is 0 Å². The predicted molar refractivity (Wildman–Crippen MR) is 99.5 cm³/mol. The molecule has 25 heavy (non-hydrogen) atoms. The Morgan fingerprint density at radius 3 is 2.60 bits per heavy atom. The molecule has 0 aliphatic rings. The van der Waals surface area contributed by atoms with Crippen LogP contribution in [0.1, 0.15) is 0 Å². The van der Waals surface area contributed by atoms with Gasteiger partial charge < -0.3 is 15.1 Å². The number of nitrogens with zero attached hydrogens (tertiary/aromatic N) is 1. The summed E-state index contributed by atoms with van der Waals surface area (Å²) < 4.78 is 5.86. The number of hydrogen-bond donors (Lipinski definition) is 2. The van der Waals surface area contributed by atoms with Crippen molar-refractivity contribution >= 4 is 38.7 Å². The summed E-state index contributed by atoms with van der Waals surface area (Å²) >= 11 is 0. The van der Waals surface area contributed by atoms with Gasteiger partial charge in [-0.15, -0.1) is 0 Å². The number of fused-ring (bicyclic) bond motifs is 4. The molecule has 0 radical (unpaired) electrons. The number of anilines is 1. The number of para-hydroxylation sites is 2. The molecule has 2 heterocycles. The molecule has 0 spiro atoms. The fourth-order valence-corrected chi connectivity index (χ4v) is 3.23. The second-order valence-corrected chi connectivity index (χ2v) is 5.94. The average molecular weight is 327 g/mol. The lowest BCUT2D eigenvalue weighted by molar-refractivity contribution is 0.629. The molecule has 0 saturated carbocycles. The molecule has 0 fully saturated rings. The van der Waals surface area contributed by atoms with E-state index in [0.717, 1.165) is 21.8 Å². The molecule has 0 amide bonds. The highest BCUT2D eigenvalue weighted by molar-refractivity contribution is 6.05. The van der Waals surface area contributed by atoms with Crippen molar-refractivity contribution in [2.75, 3.05) is 5.73 Å². The van der Waals surface area contributed by atoms with Crippen LogP contribution in [0, 0.1) is 0 Å². The highest BCUT2D eigenvalue weighted by Gasteiger charge is 2.18. The monoisotopic (exact) mass is 327 g/mol. The number of aromatic amines is 1. The van der Waals surface area contributed by atoms with Crippen LogP contribution in [0.5, 0.6) is 0 Å². The van der Waals surface area contributed by atoms with Crippen molar-refractivity contribution in [2.24, 2.45) is 0 Å². The second-order valence-electron chi connectivity index (χ2n) is 5.94. The number of nitrogen functional groups attached to an aromatic ring is 1. The summed E-state index contributed by atoms with van der Waals surface area (Å²) in [5.41, 5.74) is 8.29. The Bertz CT molecular complexity index is 1300. The van der Waals surface area contributed by atoms with Crippen LogP contribution in [-0.2, 0) is 0 Å². The van der Waals surface area contributed by atoms with Crippen molar-refractivity contribution in [3.8, 4) is 11.4 Å². The molecule has 3 aromatic carbocycles. The molecule has 0 saturated heterocycles. The first-order chi connectivity index (χ1) is 12.2. The molecule has 120 valence electrons. The number of rotatable bonds is 1. The summed E-state index contributed by atoms with van der Waals surface area (Å²) in [5.74, 6) is 0.482. The Morgan fingerprint density at radius 1 is 0.920 bits per heavy atom. The van der Waals surface area contributed by atoms with Gasteiger partial charge in [0.15, 0.2) is 0 Å². The molecule has 5 aromatic rings. The molecular formula is C20H13N3O2. The number of H-pyrrole nitrogens is 1. The maximum Gasteiger partial charge on any atom is 0.206 e. The highest BCUT2D eigenvalue weighted by Crippen LogP contribution is 2.30. The van der Waals surface area contributed by atoms with E-state index in [1.165, 1.54) is 0 Å². The van der Waals surface area contributed by atoms with Gasteiger partial charge in [0.2, 0.25) is 11.3 Å². The lowest BCUT2D eigenvalue weighted by Crippen LogP contribution is -2.09. The maximum atomic E-state index is 13.1. The van der Waals surface area contributed by atoms with Gasteiger partial charge in [0, 0.05) is 5.39 Å². The summed E-state index contributed by atoms with van der Waals surface area (Å²) in [6.07, 6.45) is 0. The summed E-state index contributed by atoms with van der Waals surface area (Å²) in [4.78, 5) is 20.7. The van der Waals surface area contributed by atoms with Crippen LogP contribution < -0.4 is 11.2 Å². The number of nitrogens with one attached hydrogen (secondary N) is 1. The van der Waals surface area contributed by atoms with Crippen molar-refractivity contribution in [1.29, 1.82) is 0 Å². The smallest absolute Gasteiger partial charge is 0.206 e. The van der Waals surface area contributed by atoms with Crippen molar-refractivity contribution in [3.63, 3.8) is 0 Å². The molecule has 0 bridgehead atoms. The third kappa shape index (κ3) is 1.96. The Balaban J connectivity index is 1.87. The minimum Gasteiger partial charge on any atom is -0.439 e. The number of aromatic nitrogens is 2. The highest BCUT2D eigenvalue weighted by atomic mass is 16.3. The van der Waals surface area contributed by atoms with E-state index in [4.69, 9.17) is 10.2 Å². The Hall–Kier alpha value is -3.60. The van der Waals surface area contributed by atoms with Crippen LogP contribution in [-0.4, -0.2) is 9.97 Å². The van der Waals surface area contributed by atoms with Gasteiger partial charge in [-0.2, -0.15) is 0 Å². The Morgan fingerprint density at radius 2 is 1.72 bits per heavy atom. The lowest BCUT2D eigenvalue weighted by Gasteiger charge is -2.06. The first kappa shape index (κ1) is 13.8. The second kappa shape index (κ2) is 4.95. The van der Waals surface area contributed by atoms with Crippen LogP contribution in [0.2, 0.25) is 0 Å². The normalized spacial score (nSPS) is 11.5. The zero-order valence-electron chi connectivity index (χ0n) is 13.1. The zero-order chi connectivity index (χ0) is 17.0. The molecule has 5 rings (SSSR count). The molecule has 3 N–H and O–H groups in total. The van der Waals surface area contributed by atoms with Crippen molar-refractivity contribution < 1.29 is 4.42 Å². The van der Waals surface area contributed by atoms with E-state index >= 15 is 0 Å². The average Bonchev–Trinajstić information content (AvgIpc) is 3.05. The van der Waals surface area contributed by atoms with E-state index in [9.17, 15) is 4.79 Å². The van der Waals surface area contributed by atoms with E-state index in [-0.39, 0.29) is 16.9 Å². The van der Waals surface area contributed by atoms with Gasteiger partial charge in [-0.3, -0.25) is 4.79 Å². The molecule has 0 unspecified atom stereocenters. The Labute approximate surface area is 141 Å². The van der Waals surface area contributed by atoms with Crippen LogP contribution in [0.4, 0.5) is 5.88 Å².